The molecular formula is C38H43FN2O6S. The van der Waals surface area contributed by atoms with Gasteiger partial charge in [-0.05, 0) is 76.6 Å². The van der Waals surface area contributed by atoms with Crippen LogP contribution >= 0.6 is 0 Å². The number of hydrogen-bond acceptors (Lipinski definition) is 7. The van der Waals surface area contributed by atoms with Crippen LogP contribution < -0.4 is 14.8 Å². The maximum absolute atomic E-state index is 13.0. The predicted molar refractivity (Wildman–Crippen MR) is 188 cm³/mol. The van der Waals surface area contributed by atoms with E-state index in [9.17, 15) is 22.2 Å². The first kappa shape index (κ1) is 36.3. The zero-order chi connectivity index (χ0) is 34.8. The Kier molecular flexibility index (Phi) is 12.5. The molecule has 0 fully saturated rings. The van der Waals surface area contributed by atoms with Crippen molar-refractivity contribution in [3.63, 3.8) is 0 Å². The molecule has 0 bridgehead atoms. The number of halogens is 1. The van der Waals surface area contributed by atoms with E-state index in [4.69, 9.17) is 9.15 Å². The fourth-order valence-corrected chi connectivity index (χ4v) is 6.08. The first-order valence-electron chi connectivity index (χ1n) is 16.2. The largest absolute Gasteiger partial charge is 0.744 e. The number of fused-ring (bicyclic) bond motifs is 2. The Morgan fingerprint density at radius 2 is 1.58 bits per heavy atom. The summed E-state index contributed by atoms with van der Waals surface area (Å²) >= 11 is 0. The summed E-state index contributed by atoms with van der Waals surface area (Å²) < 4.78 is 58.0. The van der Waals surface area contributed by atoms with Gasteiger partial charge in [0, 0.05) is 53.8 Å². The van der Waals surface area contributed by atoms with E-state index >= 15 is 0 Å². The van der Waals surface area contributed by atoms with Gasteiger partial charge in [0.1, 0.15) is 34.6 Å². The third kappa shape index (κ3) is 8.48. The number of carbonyl (C=O) groups is 1. The number of esters is 1. The van der Waals surface area contributed by atoms with Crippen LogP contribution in [0.1, 0.15) is 50.0 Å². The minimum atomic E-state index is -4.27. The van der Waals surface area contributed by atoms with Gasteiger partial charge in [-0.15, -0.1) is 0 Å². The van der Waals surface area contributed by atoms with Crippen molar-refractivity contribution in [3.05, 3.63) is 101 Å². The number of rotatable bonds is 11. The summed E-state index contributed by atoms with van der Waals surface area (Å²) in [4.78, 5) is 15.1. The Balaban J connectivity index is 0.000000401. The molecule has 0 aromatic heterocycles. The van der Waals surface area contributed by atoms with Gasteiger partial charge in [0.25, 0.3) is 0 Å². The number of aryl methyl sites for hydroxylation is 1. The zero-order valence-corrected chi connectivity index (χ0v) is 29.0. The maximum Gasteiger partial charge on any atom is 0.338 e. The third-order valence-corrected chi connectivity index (χ3v) is 9.03. The van der Waals surface area contributed by atoms with Crippen molar-refractivity contribution < 1.29 is 31.3 Å². The Hall–Kier alpha value is -4.54. The molecule has 1 heterocycles. The van der Waals surface area contributed by atoms with Gasteiger partial charge in [0.2, 0.25) is 5.36 Å². The Morgan fingerprint density at radius 3 is 2.21 bits per heavy atom. The average Bonchev–Trinajstić information content (AvgIpc) is 3.08. The Morgan fingerprint density at radius 1 is 0.896 bits per heavy atom. The highest BCUT2D eigenvalue weighted by Gasteiger charge is 2.23. The van der Waals surface area contributed by atoms with Crippen LogP contribution in [0.2, 0.25) is 0 Å². The molecule has 2 aliphatic rings. The minimum Gasteiger partial charge on any atom is -0.744 e. The number of nitrogens with zero attached hydrogens (tertiary/aromatic N) is 2. The lowest BCUT2D eigenvalue weighted by Gasteiger charge is -2.22. The van der Waals surface area contributed by atoms with Crippen LogP contribution in [0.4, 0.5) is 10.1 Å². The predicted octanol–water partition coefficient (Wildman–Crippen LogP) is 7.28. The van der Waals surface area contributed by atoms with Gasteiger partial charge in [-0.1, -0.05) is 35.9 Å². The van der Waals surface area contributed by atoms with Crippen LogP contribution in [0, 0.1) is 6.92 Å². The van der Waals surface area contributed by atoms with E-state index < -0.39 is 22.8 Å². The minimum absolute atomic E-state index is 0.0513. The maximum atomic E-state index is 13.0. The third-order valence-electron chi connectivity index (χ3n) is 8.18. The number of ether oxygens (including phenoxy) is 1. The lowest BCUT2D eigenvalue weighted by atomic mass is 9.90. The van der Waals surface area contributed by atoms with E-state index in [2.05, 4.69) is 73.6 Å². The second-order valence-corrected chi connectivity index (χ2v) is 12.6. The highest BCUT2D eigenvalue weighted by atomic mass is 32.2. The number of carbonyl (C=O) groups excluding carboxylic acids is 1. The highest BCUT2D eigenvalue weighted by Crippen LogP contribution is 2.42. The zero-order valence-electron chi connectivity index (χ0n) is 28.2. The molecule has 0 spiro atoms. The van der Waals surface area contributed by atoms with Crippen LogP contribution in [-0.4, -0.2) is 58.4 Å². The number of hydrogen-bond donors (Lipinski definition) is 0. The first-order valence-corrected chi connectivity index (χ1v) is 17.7. The van der Waals surface area contributed by atoms with Gasteiger partial charge in [0.05, 0.1) is 29.8 Å². The summed E-state index contributed by atoms with van der Waals surface area (Å²) in [6.45, 7) is 13.5. The molecular weight excluding hydrogens is 630 g/mol. The summed E-state index contributed by atoms with van der Waals surface area (Å²) in [5.74, 6) is 0.301. The molecule has 254 valence electrons. The molecule has 0 saturated carbocycles. The van der Waals surface area contributed by atoms with Gasteiger partial charge in [-0.25, -0.2) is 17.8 Å². The van der Waals surface area contributed by atoms with E-state index in [1.165, 1.54) is 12.1 Å². The summed E-state index contributed by atoms with van der Waals surface area (Å²) in [7, 11) is -4.27. The van der Waals surface area contributed by atoms with Crippen LogP contribution in [0.5, 0.6) is 0 Å². The molecule has 1 aliphatic heterocycles. The number of benzene rings is 4. The van der Waals surface area contributed by atoms with Gasteiger partial charge >= 0.3 is 5.97 Å². The quantitative estimate of drug-likeness (QED) is 0.0478. The average molecular weight is 674 g/mol. The second kappa shape index (κ2) is 16.5. The van der Waals surface area contributed by atoms with Crippen molar-refractivity contribution >= 4 is 32.7 Å². The van der Waals surface area contributed by atoms with Crippen molar-refractivity contribution in [1.29, 1.82) is 0 Å². The summed E-state index contributed by atoms with van der Waals surface area (Å²) in [5.41, 5.74) is 5.84. The van der Waals surface area contributed by atoms with Crippen LogP contribution in [0.3, 0.4) is 0 Å². The van der Waals surface area contributed by atoms with E-state index in [0.29, 0.717) is 5.56 Å². The van der Waals surface area contributed by atoms with Crippen LogP contribution in [0.15, 0.2) is 94.2 Å². The van der Waals surface area contributed by atoms with Gasteiger partial charge in [-0.3, -0.25) is 4.39 Å². The first-order chi connectivity index (χ1) is 23.1. The fourth-order valence-electron chi connectivity index (χ4n) is 5.61. The monoisotopic (exact) mass is 673 g/mol. The molecule has 0 saturated heterocycles. The molecule has 0 atom stereocenters. The SMILES string of the molecule is CCN(CC)c1ccc2c(-c3ccccc3C(=O)OCCC[18F])c3ccc(=[N+](CC)CC)cc-3oc2c1.Cc1ccc(S(=O)(=O)[O-])cc1. The van der Waals surface area contributed by atoms with E-state index in [0.717, 1.165) is 76.2 Å². The van der Waals surface area contributed by atoms with Crippen LogP contribution in [-0.2, 0) is 14.9 Å². The molecule has 3 aromatic carbocycles. The lowest BCUT2D eigenvalue weighted by molar-refractivity contribution is 0.0495. The van der Waals surface area contributed by atoms with Gasteiger partial charge in [-0.2, -0.15) is 0 Å². The molecule has 0 N–H and O–H groups in total. The molecule has 8 nitrogen and oxygen atoms in total. The highest BCUT2D eigenvalue weighted by molar-refractivity contribution is 7.85. The Labute approximate surface area is 282 Å². The number of alkyl halides is 1. The fraction of sp³-hybridized carbons (Fsp3) is 0.316. The van der Waals surface area contributed by atoms with Crippen molar-refractivity contribution in [2.45, 2.75) is 45.9 Å². The lowest BCUT2D eigenvalue weighted by Crippen LogP contribution is -2.29. The summed E-state index contributed by atoms with van der Waals surface area (Å²) in [5, 5.41) is 2.01. The molecule has 0 unspecified atom stereocenters. The van der Waals surface area contributed by atoms with Crippen molar-refractivity contribution in [1.82, 2.24) is 4.58 Å². The molecule has 5 rings (SSSR count). The van der Waals surface area contributed by atoms with Crippen molar-refractivity contribution in [2.75, 3.05) is 44.4 Å². The van der Waals surface area contributed by atoms with Gasteiger partial charge < -0.3 is 18.6 Å². The van der Waals surface area contributed by atoms with E-state index in [1.807, 2.05) is 25.1 Å². The van der Waals surface area contributed by atoms with Gasteiger partial charge in [0.15, 0.2) is 0 Å². The molecule has 48 heavy (non-hydrogen) atoms. The second-order valence-electron chi connectivity index (χ2n) is 11.2. The standard InChI is InChI=1S/C31H36FN2O3.C7H8O3S/c1-5-33(6-2)22-14-16-26-28(20-22)37-29-21-23(34(7-3)8-4)15-17-27(29)30(26)24-12-9-10-13-25(24)31(35)36-19-11-18-32;1-6-2-4-7(5-3-6)11(8,9)10/h9-10,12-17,20-21H,5-8,11,18-19H2,1-4H3;2-5H,1H3,(H,8,9,10)/q+1;/p-1/i32-1;. The topological polar surface area (TPSA) is 103 Å². The molecule has 3 aromatic rings. The molecule has 1 aliphatic carbocycles. The molecule has 10 heteroatoms. The smallest absolute Gasteiger partial charge is 0.338 e. The van der Waals surface area contributed by atoms with Crippen molar-refractivity contribution in [3.8, 4) is 22.5 Å². The van der Waals surface area contributed by atoms with E-state index in [-0.39, 0.29) is 17.9 Å². The molecule has 0 amide bonds. The number of anilines is 1. The van der Waals surface area contributed by atoms with Crippen LogP contribution in [0.25, 0.3) is 33.4 Å². The van der Waals surface area contributed by atoms with E-state index in [1.54, 1.807) is 18.2 Å². The normalized spacial score (nSPS) is 11.2. The summed E-state index contributed by atoms with van der Waals surface area (Å²) in [6, 6.07) is 25.8. The molecule has 0 radical (unpaired) electrons. The van der Waals surface area contributed by atoms with Crippen molar-refractivity contribution in [2.24, 2.45) is 0 Å². The summed E-state index contributed by atoms with van der Waals surface area (Å²) in [6.07, 6.45) is 0.187. The Bertz CT molecular complexity index is 1990.